The maximum Gasteiger partial charge on any atom is 0.273 e. The summed E-state index contributed by atoms with van der Waals surface area (Å²) in [5.74, 6) is 1.44. The molecule has 7 nitrogen and oxygen atoms in total. The van der Waals surface area contributed by atoms with E-state index in [4.69, 9.17) is 9.15 Å². The van der Waals surface area contributed by atoms with Gasteiger partial charge in [-0.2, -0.15) is 0 Å². The Bertz CT molecular complexity index is 672. The highest BCUT2D eigenvalue weighted by molar-refractivity contribution is 5.93. The van der Waals surface area contributed by atoms with E-state index < -0.39 is 0 Å². The van der Waals surface area contributed by atoms with Crippen LogP contribution in [0.25, 0.3) is 0 Å². The summed E-state index contributed by atoms with van der Waals surface area (Å²) in [5, 5.41) is 3.05. The van der Waals surface area contributed by atoms with Gasteiger partial charge in [-0.15, -0.1) is 0 Å². The number of hydrogen-bond acceptors (Lipinski definition) is 5. The van der Waals surface area contributed by atoms with Crippen molar-refractivity contribution in [1.29, 1.82) is 0 Å². The van der Waals surface area contributed by atoms with Gasteiger partial charge in [0, 0.05) is 38.0 Å². The molecule has 2 aliphatic rings. The van der Waals surface area contributed by atoms with Crippen LogP contribution in [0.1, 0.15) is 47.4 Å². The second-order valence-corrected chi connectivity index (χ2v) is 5.77. The lowest BCUT2D eigenvalue weighted by Crippen LogP contribution is -2.41. The van der Waals surface area contributed by atoms with Crippen LogP contribution in [0.4, 0.5) is 0 Å². The summed E-state index contributed by atoms with van der Waals surface area (Å²) in [5.41, 5.74) is 0.350. The molecule has 1 N–H and O–H groups in total. The van der Waals surface area contributed by atoms with Crippen molar-refractivity contribution in [1.82, 2.24) is 19.9 Å². The Morgan fingerprint density at radius 1 is 1.36 bits per heavy atom. The van der Waals surface area contributed by atoms with Gasteiger partial charge in [-0.3, -0.25) is 4.79 Å². The minimum atomic E-state index is -0.187. The zero-order chi connectivity index (χ0) is 14.9. The first-order valence-corrected chi connectivity index (χ1v) is 7.67. The smallest absolute Gasteiger partial charge is 0.273 e. The summed E-state index contributed by atoms with van der Waals surface area (Å²) >= 11 is 0. The van der Waals surface area contributed by atoms with Crippen molar-refractivity contribution in [2.45, 2.75) is 44.4 Å². The molecule has 0 saturated carbocycles. The number of fused-ring (bicyclic) bond motifs is 1. The number of rotatable bonds is 3. The van der Waals surface area contributed by atoms with Crippen molar-refractivity contribution in [3.8, 4) is 0 Å². The molecule has 0 spiro atoms. The molecule has 0 unspecified atom stereocenters. The zero-order valence-electron chi connectivity index (χ0n) is 12.2. The molecule has 1 saturated heterocycles. The van der Waals surface area contributed by atoms with Gasteiger partial charge in [0.2, 0.25) is 0 Å². The van der Waals surface area contributed by atoms with Crippen LogP contribution in [-0.4, -0.2) is 33.1 Å². The van der Waals surface area contributed by atoms with E-state index in [2.05, 4.69) is 19.9 Å². The van der Waals surface area contributed by atoms with Gasteiger partial charge in [-0.05, 0) is 19.3 Å². The van der Waals surface area contributed by atoms with Crippen molar-refractivity contribution >= 4 is 5.91 Å². The Balaban J connectivity index is 1.46. The number of nitrogens with zero attached hydrogens (tertiary/aromatic N) is 3. The first kappa shape index (κ1) is 13.5. The predicted molar refractivity (Wildman–Crippen MR) is 76.2 cm³/mol. The first-order chi connectivity index (χ1) is 10.8. The van der Waals surface area contributed by atoms with Crippen LogP contribution < -0.4 is 5.32 Å². The molecule has 2 aromatic heterocycles. The lowest BCUT2D eigenvalue weighted by atomic mass is 10.1. The third-order valence-electron chi connectivity index (χ3n) is 4.30. The van der Waals surface area contributed by atoms with Gasteiger partial charge in [0.25, 0.3) is 5.91 Å². The van der Waals surface area contributed by atoms with Gasteiger partial charge in [-0.1, -0.05) is 0 Å². The van der Waals surface area contributed by atoms with Crippen LogP contribution in [0.3, 0.4) is 0 Å². The molecule has 1 fully saturated rings. The fourth-order valence-corrected chi connectivity index (χ4v) is 3.18. The van der Waals surface area contributed by atoms with Gasteiger partial charge < -0.3 is 19.0 Å². The van der Waals surface area contributed by atoms with E-state index in [9.17, 15) is 4.79 Å². The van der Waals surface area contributed by atoms with Crippen LogP contribution in [0, 0.1) is 0 Å². The summed E-state index contributed by atoms with van der Waals surface area (Å²) in [4.78, 5) is 20.9. The number of amides is 1. The molecule has 0 aromatic carbocycles. The summed E-state index contributed by atoms with van der Waals surface area (Å²) < 4.78 is 13.1. The van der Waals surface area contributed by atoms with E-state index in [0.717, 1.165) is 38.1 Å². The molecule has 1 amide bonds. The second-order valence-electron chi connectivity index (χ2n) is 5.77. The summed E-state index contributed by atoms with van der Waals surface area (Å²) in [6, 6.07) is 0.0863. The number of carbonyl (C=O) groups is 1. The van der Waals surface area contributed by atoms with Gasteiger partial charge in [0.15, 0.2) is 17.8 Å². The highest BCUT2D eigenvalue weighted by Crippen LogP contribution is 2.30. The van der Waals surface area contributed by atoms with Gasteiger partial charge in [0.1, 0.15) is 11.9 Å². The standard InChI is InChI=1S/C15H18N4O3/c20-15(13-14(22-9-17-13)11-2-1-7-21-11)18-10-3-4-12-16-5-6-19(12)8-10/h5-6,9-11H,1-4,7-8H2,(H,18,20)/t10-,11-/m0/s1. The van der Waals surface area contributed by atoms with E-state index in [1.165, 1.54) is 6.39 Å². The van der Waals surface area contributed by atoms with Crippen LogP contribution in [-0.2, 0) is 17.7 Å². The number of ether oxygens (including phenoxy) is 1. The van der Waals surface area contributed by atoms with Crippen molar-refractivity contribution in [3.05, 3.63) is 36.1 Å². The lowest BCUT2D eigenvalue weighted by Gasteiger charge is -2.24. The molecular formula is C15H18N4O3. The SMILES string of the molecule is O=C(N[C@H]1CCc2nccn2C1)c1ncoc1[C@@H]1CCCO1. The Labute approximate surface area is 127 Å². The number of aryl methyl sites for hydroxylation is 1. The van der Waals surface area contributed by atoms with Crippen LogP contribution in [0.2, 0.25) is 0 Å². The van der Waals surface area contributed by atoms with Crippen molar-refractivity contribution in [2.24, 2.45) is 0 Å². The topological polar surface area (TPSA) is 82.2 Å². The number of carbonyl (C=O) groups excluding carboxylic acids is 1. The number of imidazole rings is 1. The van der Waals surface area contributed by atoms with Crippen molar-refractivity contribution in [2.75, 3.05) is 6.61 Å². The van der Waals surface area contributed by atoms with Crippen LogP contribution >= 0.6 is 0 Å². The number of nitrogens with one attached hydrogen (secondary N) is 1. The van der Waals surface area contributed by atoms with Crippen molar-refractivity contribution in [3.63, 3.8) is 0 Å². The first-order valence-electron chi connectivity index (χ1n) is 7.67. The minimum Gasteiger partial charge on any atom is -0.445 e. The summed E-state index contributed by atoms with van der Waals surface area (Å²) in [6.07, 6.45) is 8.53. The molecule has 0 bridgehead atoms. The average Bonchev–Trinajstić information content (AvgIpc) is 3.26. The molecule has 116 valence electrons. The minimum absolute atomic E-state index is 0.0863. The lowest BCUT2D eigenvalue weighted by molar-refractivity contribution is 0.0847. The van der Waals surface area contributed by atoms with Gasteiger partial charge in [0.05, 0.1) is 0 Å². The maximum atomic E-state index is 12.5. The Morgan fingerprint density at radius 2 is 2.32 bits per heavy atom. The molecule has 7 heteroatoms. The molecule has 0 aliphatic carbocycles. The molecule has 2 atom stereocenters. The largest absolute Gasteiger partial charge is 0.445 e. The second kappa shape index (κ2) is 5.57. The third-order valence-corrected chi connectivity index (χ3v) is 4.30. The normalized spacial score (nSPS) is 24.2. The molecule has 4 heterocycles. The van der Waals surface area contributed by atoms with E-state index in [-0.39, 0.29) is 18.1 Å². The van der Waals surface area contributed by atoms with Crippen LogP contribution in [0.5, 0.6) is 0 Å². The highest BCUT2D eigenvalue weighted by Gasteiger charge is 2.29. The molecular weight excluding hydrogens is 284 g/mol. The number of oxazole rings is 1. The Kier molecular flexibility index (Phi) is 3.42. The Morgan fingerprint density at radius 3 is 3.18 bits per heavy atom. The van der Waals surface area contributed by atoms with E-state index in [1.807, 2.05) is 6.20 Å². The molecule has 4 rings (SSSR count). The number of hydrogen-bond donors (Lipinski definition) is 1. The third kappa shape index (κ3) is 2.41. The van der Waals surface area contributed by atoms with Gasteiger partial charge in [-0.25, -0.2) is 9.97 Å². The Hall–Kier alpha value is -2.15. The van der Waals surface area contributed by atoms with Crippen LogP contribution in [0.15, 0.2) is 23.2 Å². The van der Waals surface area contributed by atoms with E-state index in [1.54, 1.807) is 6.20 Å². The fourth-order valence-electron chi connectivity index (χ4n) is 3.18. The highest BCUT2D eigenvalue weighted by atomic mass is 16.5. The summed E-state index contributed by atoms with van der Waals surface area (Å²) in [7, 11) is 0. The monoisotopic (exact) mass is 302 g/mol. The van der Waals surface area contributed by atoms with Gasteiger partial charge >= 0.3 is 0 Å². The predicted octanol–water partition coefficient (Wildman–Crippen LogP) is 1.47. The molecule has 22 heavy (non-hydrogen) atoms. The zero-order valence-corrected chi connectivity index (χ0v) is 12.2. The maximum absolute atomic E-state index is 12.5. The van der Waals surface area contributed by atoms with E-state index in [0.29, 0.717) is 18.1 Å². The van der Waals surface area contributed by atoms with Crippen molar-refractivity contribution < 1.29 is 13.9 Å². The fraction of sp³-hybridized carbons (Fsp3) is 0.533. The molecule has 0 radical (unpaired) electrons. The molecule has 2 aromatic rings. The average molecular weight is 302 g/mol. The number of aromatic nitrogens is 3. The summed E-state index contributed by atoms with van der Waals surface area (Å²) in [6.45, 7) is 1.45. The molecule has 2 aliphatic heterocycles. The van der Waals surface area contributed by atoms with E-state index >= 15 is 0 Å². The quantitative estimate of drug-likeness (QED) is 0.928.